The summed E-state index contributed by atoms with van der Waals surface area (Å²) in [6, 6.07) is 7.15. The normalized spacial score (nSPS) is 18.4. The number of phosphoric acid groups is 1. The van der Waals surface area contributed by atoms with E-state index in [0.717, 1.165) is 5.56 Å². The fourth-order valence-corrected chi connectivity index (χ4v) is 2.55. The van der Waals surface area contributed by atoms with Crippen molar-refractivity contribution in [2.75, 3.05) is 13.6 Å². The van der Waals surface area contributed by atoms with E-state index in [0.29, 0.717) is 5.56 Å². The molecule has 0 fully saturated rings. The Balaban J connectivity index is 2.09. The lowest BCUT2D eigenvalue weighted by Gasteiger charge is -2.29. The maximum atomic E-state index is 12.2. The highest BCUT2D eigenvalue weighted by Gasteiger charge is 2.32. The van der Waals surface area contributed by atoms with Crippen molar-refractivity contribution in [3.05, 3.63) is 47.8 Å². The van der Waals surface area contributed by atoms with Crippen molar-refractivity contribution in [2.24, 2.45) is 0 Å². The fraction of sp³-hybridized carbons (Fsp3) is 0.308. The van der Waals surface area contributed by atoms with Crippen molar-refractivity contribution >= 4 is 13.6 Å². The molecule has 0 amide bonds. The summed E-state index contributed by atoms with van der Waals surface area (Å²) in [4.78, 5) is 33.0. The zero-order valence-electron chi connectivity index (χ0n) is 11.7. The maximum Gasteiger partial charge on any atom is 0.472 e. The predicted molar refractivity (Wildman–Crippen MR) is 76.0 cm³/mol. The van der Waals surface area contributed by atoms with Crippen LogP contribution in [0.4, 0.5) is 0 Å². The number of hydrogen-bond donors (Lipinski definition) is 2. The van der Waals surface area contributed by atoms with Crippen molar-refractivity contribution in [3.63, 3.8) is 0 Å². The highest BCUT2D eigenvalue weighted by atomic mass is 31.2. The topological polar surface area (TPSA) is 90.3 Å². The van der Waals surface area contributed by atoms with Gasteiger partial charge in [-0.2, -0.15) is 0 Å². The van der Waals surface area contributed by atoms with Crippen LogP contribution in [0.15, 0.2) is 36.7 Å². The lowest BCUT2D eigenvalue weighted by molar-refractivity contribution is -0.0304. The molecule has 0 aromatic heterocycles. The number of carbonyl (C=O) groups excluding carboxylic acids is 1. The van der Waals surface area contributed by atoms with E-state index in [4.69, 9.17) is 9.79 Å². The summed E-state index contributed by atoms with van der Waals surface area (Å²) >= 11 is 0. The predicted octanol–water partition coefficient (Wildman–Crippen LogP) is 1.29. The van der Waals surface area contributed by atoms with E-state index < -0.39 is 14.2 Å². The third-order valence-electron chi connectivity index (χ3n) is 3.02. The number of carbonyl (C=O) groups is 1. The molecule has 2 rings (SSSR count). The van der Waals surface area contributed by atoms with E-state index in [1.807, 2.05) is 13.0 Å². The minimum atomic E-state index is -4.65. The molecule has 1 aromatic carbocycles. The van der Waals surface area contributed by atoms with Gasteiger partial charge in [0.05, 0.1) is 6.54 Å². The van der Waals surface area contributed by atoms with Crippen LogP contribution in [0.25, 0.3) is 0 Å². The Labute approximate surface area is 122 Å². The second-order valence-electron chi connectivity index (χ2n) is 4.85. The van der Waals surface area contributed by atoms with Gasteiger partial charge < -0.3 is 19.6 Å². The highest BCUT2D eigenvalue weighted by molar-refractivity contribution is 7.46. The number of aryl methyl sites for hydroxylation is 1. The van der Waals surface area contributed by atoms with Crippen molar-refractivity contribution in [1.82, 2.24) is 9.80 Å². The average molecular weight is 312 g/mol. The minimum Gasteiger partial charge on any atom is -0.337 e. The molecule has 1 atom stereocenters. The number of hydrogen-bond acceptors (Lipinski definition) is 5. The van der Waals surface area contributed by atoms with Crippen LogP contribution in [0.2, 0.25) is 0 Å². The lowest BCUT2D eigenvalue weighted by atomic mass is 10.1. The number of Topliss-reactive ketones (excluding diaryl/α,β-unsaturated/α-hetero) is 1. The molecular formula is C13H17N2O5P. The summed E-state index contributed by atoms with van der Waals surface area (Å²) in [6.45, 7) is 1.86. The molecule has 1 aromatic rings. The molecule has 1 unspecified atom stereocenters. The van der Waals surface area contributed by atoms with Crippen molar-refractivity contribution in [3.8, 4) is 0 Å². The van der Waals surface area contributed by atoms with Crippen LogP contribution >= 0.6 is 7.82 Å². The second kappa shape index (κ2) is 5.99. The number of phosphoric ester groups is 1. The molecule has 1 heterocycles. The van der Waals surface area contributed by atoms with Crippen molar-refractivity contribution < 1.29 is 23.7 Å². The lowest BCUT2D eigenvalue weighted by Crippen LogP contribution is -2.40. The Bertz CT molecular complexity index is 612. The first kappa shape index (κ1) is 15.7. The first-order valence-corrected chi connectivity index (χ1v) is 7.79. The molecule has 21 heavy (non-hydrogen) atoms. The van der Waals surface area contributed by atoms with Crippen LogP contribution in [0.1, 0.15) is 15.9 Å². The Morgan fingerprint density at radius 3 is 2.71 bits per heavy atom. The highest BCUT2D eigenvalue weighted by Crippen LogP contribution is 2.40. The number of ketones is 1. The van der Waals surface area contributed by atoms with Gasteiger partial charge >= 0.3 is 7.82 Å². The van der Waals surface area contributed by atoms with E-state index in [1.54, 1.807) is 37.6 Å². The van der Waals surface area contributed by atoms with E-state index in [9.17, 15) is 9.36 Å². The van der Waals surface area contributed by atoms with Gasteiger partial charge in [-0.15, -0.1) is 0 Å². The standard InChI is InChI=1S/C13H17N2O5P/c1-10-4-3-5-11(8-10)12(16)9-15-7-6-14(2)13(15)20-21(17,18)19/h3-8,13H,9H2,1-2H3,(H2,17,18,19). The summed E-state index contributed by atoms with van der Waals surface area (Å²) in [5.41, 5.74) is 1.52. The Kier molecular flexibility index (Phi) is 4.49. The first-order valence-electron chi connectivity index (χ1n) is 6.26. The quantitative estimate of drug-likeness (QED) is 0.625. The molecule has 0 bridgehead atoms. The molecule has 0 spiro atoms. The molecule has 8 heteroatoms. The van der Waals surface area contributed by atoms with E-state index in [2.05, 4.69) is 4.52 Å². The van der Waals surface area contributed by atoms with Gasteiger partial charge in [-0.1, -0.05) is 23.8 Å². The average Bonchev–Trinajstić information content (AvgIpc) is 2.69. The van der Waals surface area contributed by atoms with Gasteiger partial charge in [0, 0.05) is 25.0 Å². The molecule has 1 aliphatic heterocycles. The molecule has 0 radical (unpaired) electrons. The molecule has 114 valence electrons. The number of nitrogens with zero attached hydrogens (tertiary/aromatic N) is 2. The number of benzene rings is 1. The monoisotopic (exact) mass is 312 g/mol. The van der Waals surface area contributed by atoms with E-state index in [1.165, 1.54) is 9.80 Å². The van der Waals surface area contributed by atoms with Crippen molar-refractivity contribution in [1.29, 1.82) is 0 Å². The van der Waals surface area contributed by atoms with Gasteiger partial charge in [0.15, 0.2) is 5.78 Å². The Morgan fingerprint density at radius 2 is 2.10 bits per heavy atom. The summed E-state index contributed by atoms with van der Waals surface area (Å²) in [6.07, 6.45) is 2.15. The fourth-order valence-electron chi connectivity index (χ4n) is 2.04. The van der Waals surface area contributed by atoms with Gasteiger partial charge in [0.25, 0.3) is 0 Å². The zero-order chi connectivity index (χ0) is 15.6. The zero-order valence-corrected chi connectivity index (χ0v) is 12.6. The minimum absolute atomic E-state index is 0.0328. The third kappa shape index (κ3) is 4.15. The van der Waals surface area contributed by atoms with Crippen LogP contribution in [-0.2, 0) is 9.09 Å². The third-order valence-corrected chi connectivity index (χ3v) is 3.49. The molecule has 7 nitrogen and oxygen atoms in total. The van der Waals surface area contributed by atoms with E-state index >= 15 is 0 Å². The summed E-state index contributed by atoms with van der Waals surface area (Å²) < 4.78 is 15.7. The second-order valence-corrected chi connectivity index (χ2v) is 6.04. The summed E-state index contributed by atoms with van der Waals surface area (Å²) in [7, 11) is -3.04. The van der Waals surface area contributed by atoms with Gasteiger partial charge in [0.2, 0.25) is 6.35 Å². The van der Waals surface area contributed by atoms with Gasteiger partial charge in [-0.25, -0.2) is 9.09 Å². The van der Waals surface area contributed by atoms with Gasteiger partial charge in [-0.05, 0) is 13.0 Å². The largest absolute Gasteiger partial charge is 0.472 e. The van der Waals surface area contributed by atoms with Gasteiger partial charge in [-0.3, -0.25) is 4.79 Å². The van der Waals surface area contributed by atoms with Crippen LogP contribution in [-0.4, -0.2) is 45.3 Å². The SMILES string of the molecule is Cc1cccc(C(=O)CN2C=CN(C)C2OP(=O)(O)O)c1. The molecular weight excluding hydrogens is 295 g/mol. The van der Waals surface area contributed by atoms with Crippen LogP contribution in [0.3, 0.4) is 0 Å². The smallest absolute Gasteiger partial charge is 0.337 e. The molecule has 0 saturated heterocycles. The Morgan fingerprint density at radius 1 is 1.38 bits per heavy atom. The van der Waals surface area contributed by atoms with Crippen LogP contribution in [0, 0.1) is 6.92 Å². The number of rotatable bonds is 5. The van der Waals surface area contributed by atoms with E-state index in [-0.39, 0.29) is 12.3 Å². The van der Waals surface area contributed by atoms with Crippen LogP contribution < -0.4 is 0 Å². The summed E-state index contributed by atoms with van der Waals surface area (Å²) in [5, 5.41) is 0. The van der Waals surface area contributed by atoms with Gasteiger partial charge in [0.1, 0.15) is 0 Å². The molecule has 0 saturated carbocycles. The molecule has 2 N–H and O–H groups in total. The van der Waals surface area contributed by atoms with Crippen molar-refractivity contribution in [2.45, 2.75) is 13.3 Å². The molecule has 1 aliphatic rings. The Hall–Kier alpha value is -1.66. The van der Waals surface area contributed by atoms with Crippen LogP contribution in [0.5, 0.6) is 0 Å². The summed E-state index contributed by atoms with van der Waals surface area (Å²) in [5.74, 6) is -0.155. The molecule has 0 aliphatic carbocycles. The first-order chi connectivity index (χ1) is 9.76. The maximum absolute atomic E-state index is 12.2.